The number of nitrogens with two attached hydrogens (primary N) is 1. The lowest BCUT2D eigenvalue weighted by atomic mass is 9.84. The van der Waals surface area contributed by atoms with Crippen molar-refractivity contribution in [2.45, 2.75) is 51.0 Å². The lowest BCUT2D eigenvalue weighted by Crippen LogP contribution is -2.26. The number of furan rings is 1. The van der Waals surface area contributed by atoms with Crippen molar-refractivity contribution in [2.75, 3.05) is 0 Å². The minimum absolute atomic E-state index is 0.311. The van der Waals surface area contributed by atoms with Crippen molar-refractivity contribution >= 4 is 0 Å². The van der Waals surface area contributed by atoms with Gasteiger partial charge in [0, 0.05) is 6.04 Å². The van der Waals surface area contributed by atoms with E-state index in [9.17, 15) is 0 Å². The van der Waals surface area contributed by atoms with Gasteiger partial charge in [0.1, 0.15) is 0 Å². The zero-order valence-corrected chi connectivity index (χ0v) is 9.32. The second-order valence-corrected chi connectivity index (χ2v) is 4.84. The molecule has 2 heteroatoms. The molecule has 0 bridgehead atoms. The predicted octanol–water partition coefficient (Wildman–Crippen LogP) is 3.12. The summed E-state index contributed by atoms with van der Waals surface area (Å²) in [6.07, 6.45) is 12.7. The van der Waals surface area contributed by atoms with Gasteiger partial charge < -0.3 is 10.2 Å². The molecule has 0 aliphatic heterocycles. The van der Waals surface area contributed by atoms with Crippen molar-refractivity contribution in [3.05, 3.63) is 24.2 Å². The summed E-state index contributed by atoms with van der Waals surface area (Å²) < 4.78 is 5.05. The Balaban J connectivity index is 1.74. The molecule has 2 rings (SSSR count). The van der Waals surface area contributed by atoms with E-state index in [2.05, 4.69) is 0 Å². The molecule has 1 heterocycles. The van der Waals surface area contributed by atoms with E-state index in [0.717, 1.165) is 12.3 Å². The smallest absolute Gasteiger partial charge is 0.0935 e. The maximum absolute atomic E-state index is 6.15. The fraction of sp³-hybridized carbons (Fsp3) is 0.692. The van der Waals surface area contributed by atoms with E-state index in [-0.39, 0.29) is 0 Å². The first-order chi connectivity index (χ1) is 7.34. The second kappa shape index (κ2) is 5.36. The molecular formula is C13H21NO. The summed E-state index contributed by atoms with van der Waals surface area (Å²) in [5.74, 6) is 0.876. The molecule has 1 atom stereocenters. The third-order valence-electron chi connectivity index (χ3n) is 3.44. The molecule has 1 aliphatic carbocycles. The second-order valence-electron chi connectivity index (χ2n) is 4.84. The maximum atomic E-state index is 6.15. The third kappa shape index (κ3) is 3.38. The molecular weight excluding hydrogens is 186 g/mol. The minimum Gasteiger partial charge on any atom is -0.472 e. The molecule has 1 saturated carbocycles. The Bertz CT molecular complexity index is 262. The van der Waals surface area contributed by atoms with Crippen LogP contribution in [-0.4, -0.2) is 6.04 Å². The first kappa shape index (κ1) is 10.7. The molecule has 0 spiro atoms. The van der Waals surface area contributed by atoms with E-state index >= 15 is 0 Å². The van der Waals surface area contributed by atoms with Crippen molar-refractivity contribution in [1.29, 1.82) is 0 Å². The number of hydrogen-bond donors (Lipinski definition) is 1. The molecule has 0 saturated heterocycles. The van der Waals surface area contributed by atoms with E-state index in [0.29, 0.717) is 6.04 Å². The zero-order chi connectivity index (χ0) is 10.5. The molecule has 0 aromatic carbocycles. The van der Waals surface area contributed by atoms with Gasteiger partial charge in [-0.3, -0.25) is 0 Å². The highest BCUT2D eigenvalue weighted by Crippen LogP contribution is 2.27. The van der Waals surface area contributed by atoms with Crippen molar-refractivity contribution in [1.82, 2.24) is 0 Å². The summed E-state index contributed by atoms with van der Waals surface area (Å²) in [7, 11) is 0. The van der Waals surface area contributed by atoms with Gasteiger partial charge in [0.15, 0.2) is 0 Å². The molecule has 0 radical (unpaired) electrons. The van der Waals surface area contributed by atoms with Gasteiger partial charge in [0.05, 0.1) is 12.5 Å². The van der Waals surface area contributed by atoms with E-state index in [4.69, 9.17) is 10.2 Å². The Morgan fingerprint density at radius 1 is 1.33 bits per heavy atom. The summed E-state index contributed by atoms with van der Waals surface area (Å²) in [6.45, 7) is 0. The van der Waals surface area contributed by atoms with Crippen LogP contribution in [0.5, 0.6) is 0 Å². The van der Waals surface area contributed by atoms with Crippen molar-refractivity contribution < 1.29 is 4.42 Å². The third-order valence-corrected chi connectivity index (χ3v) is 3.44. The molecule has 0 amide bonds. The lowest BCUT2D eigenvalue weighted by Gasteiger charge is -2.24. The fourth-order valence-electron chi connectivity index (χ4n) is 2.65. The van der Waals surface area contributed by atoms with Gasteiger partial charge in [-0.25, -0.2) is 0 Å². The van der Waals surface area contributed by atoms with Crippen molar-refractivity contribution in [2.24, 2.45) is 11.7 Å². The summed E-state index contributed by atoms with van der Waals surface area (Å²) in [4.78, 5) is 0. The summed E-state index contributed by atoms with van der Waals surface area (Å²) >= 11 is 0. The van der Waals surface area contributed by atoms with Crippen LogP contribution < -0.4 is 5.73 Å². The highest BCUT2D eigenvalue weighted by Gasteiger charge is 2.16. The Morgan fingerprint density at radius 3 is 2.80 bits per heavy atom. The Labute approximate surface area is 91.8 Å². The summed E-state index contributed by atoms with van der Waals surface area (Å²) in [5.41, 5.74) is 7.39. The standard InChI is InChI=1S/C13H21NO/c14-13(9-12-6-7-15-10-12)8-11-4-2-1-3-5-11/h6-7,10-11,13H,1-5,8-9,14H2. The van der Waals surface area contributed by atoms with Crippen molar-refractivity contribution in [3.63, 3.8) is 0 Å². The maximum Gasteiger partial charge on any atom is 0.0935 e. The largest absolute Gasteiger partial charge is 0.472 e. The van der Waals surface area contributed by atoms with Crippen LogP contribution in [0.1, 0.15) is 44.1 Å². The van der Waals surface area contributed by atoms with Crippen LogP contribution in [0, 0.1) is 5.92 Å². The molecule has 1 fully saturated rings. The molecule has 84 valence electrons. The van der Waals surface area contributed by atoms with E-state index in [1.54, 1.807) is 12.5 Å². The van der Waals surface area contributed by atoms with Gasteiger partial charge in [0.25, 0.3) is 0 Å². The van der Waals surface area contributed by atoms with E-state index in [1.165, 1.54) is 44.1 Å². The van der Waals surface area contributed by atoms with Crippen LogP contribution in [0.4, 0.5) is 0 Å². The van der Waals surface area contributed by atoms with E-state index < -0.39 is 0 Å². The molecule has 2 N–H and O–H groups in total. The molecule has 1 aromatic rings. The molecule has 2 nitrogen and oxygen atoms in total. The Hall–Kier alpha value is -0.760. The van der Waals surface area contributed by atoms with Crippen LogP contribution in [0.3, 0.4) is 0 Å². The first-order valence-corrected chi connectivity index (χ1v) is 6.11. The van der Waals surface area contributed by atoms with Crippen LogP contribution in [0.2, 0.25) is 0 Å². The molecule has 1 aliphatic rings. The summed E-state index contributed by atoms with van der Waals surface area (Å²) in [5, 5.41) is 0. The highest BCUT2D eigenvalue weighted by molar-refractivity contribution is 5.07. The van der Waals surface area contributed by atoms with Crippen LogP contribution in [-0.2, 0) is 6.42 Å². The van der Waals surface area contributed by atoms with Gasteiger partial charge in [-0.1, -0.05) is 32.1 Å². The van der Waals surface area contributed by atoms with Crippen LogP contribution in [0.15, 0.2) is 23.0 Å². The molecule has 15 heavy (non-hydrogen) atoms. The average Bonchev–Trinajstić information content (AvgIpc) is 2.71. The van der Waals surface area contributed by atoms with Gasteiger partial charge in [-0.15, -0.1) is 0 Å². The fourth-order valence-corrected chi connectivity index (χ4v) is 2.65. The van der Waals surface area contributed by atoms with Crippen LogP contribution >= 0.6 is 0 Å². The molecule has 1 unspecified atom stereocenters. The van der Waals surface area contributed by atoms with Crippen LogP contribution in [0.25, 0.3) is 0 Å². The highest BCUT2D eigenvalue weighted by atomic mass is 16.3. The Morgan fingerprint density at radius 2 is 2.13 bits per heavy atom. The quantitative estimate of drug-likeness (QED) is 0.824. The normalized spacial score (nSPS) is 20.3. The molecule has 1 aromatic heterocycles. The van der Waals surface area contributed by atoms with Gasteiger partial charge >= 0.3 is 0 Å². The SMILES string of the molecule is NC(Cc1ccoc1)CC1CCCCC1. The monoisotopic (exact) mass is 207 g/mol. The lowest BCUT2D eigenvalue weighted by molar-refractivity contribution is 0.316. The number of rotatable bonds is 4. The van der Waals surface area contributed by atoms with Gasteiger partial charge in [-0.05, 0) is 30.4 Å². The van der Waals surface area contributed by atoms with Gasteiger partial charge in [0.2, 0.25) is 0 Å². The zero-order valence-electron chi connectivity index (χ0n) is 9.32. The summed E-state index contributed by atoms with van der Waals surface area (Å²) in [6, 6.07) is 2.33. The van der Waals surface area contributed by atoms with Crippen molar-refractivity contribution in [3.8, 4) is 0 Å². The average molecular weight is 207 g/mol. The predicted molar refractivity (Wildman–Crippen MR) is 61.6 cm³/mol. The number of hydrogen-bond acceptors (Lipinski definition) is 2. The first-order valence-electron chi connectivity index (χ1n) is 6.11. The topological polar surface area (TPSA) is 39.2 Å². The van der Waals surface area contributed by atoms with Gasteiger partial charge in [-0.2, -0.15) is 0 Å². The van der Waals surface area contributed by atoms with E-state index in [1.807, 2.05) is 6.07 Å². The minimum atomic E-state index is 0.311. The Kier molecular flexibility index (Phi) is 3.84.